The summed E-state index contributed by atoms with van der Waals surface area (Å²) in [7, 11) is 1.71. The van der Waals surface area contributed by atoms with Gasteiger partial charge >= 0.3 is 0 Å². The van der Waals surface area contributed by atoms with Crippen LogP contribution in [0.15, 0.2) is 35.3 Å². The molecule has 1 aromatic carbocycles. The van der Waals surface area contributed by atoms with E-state index in [2.05, 4.69) is 46.0 Å². The molecule has 2 nitrogen and oxygen atoms in total. The molecule has 0 radical (unpaired) electrons. The average Bonchev–Trinajstić information content (AvgIpc) is 2.27. The highest BCUT2D eigenvalue weighted by molar-refractivity contribution is 9.11. The van der Waals surface area contributed by atoms with Crippen molar-refractivity contribution in [1.29, 1.82) is 0 Å². The van der Waals surface area contributed by atoms with Gasteiger partial charge in [-0.2, -0.15) is 0 Å². The van der Waals surface area contributed by atoms with E-state index in [0.717, 1.165) is 16.8 Å². The molecule has 3 heteroatoms. The van der Waals surface area contributed by atoms with Crippen molar-refractivity contribution in [2.45, 2.75) is 24.8 Å². The van der Waals surface area contributed by atoms with Gasteiger partial charge in [-0.05, 0) is 36.5 Å². The molecule has 0 amide bonds. The molecule has 0 saturated heterocycles. The van der Waals surface area contributed by atoms with Crippen LogP contribution in [0, 0.1) is 0 Å². The van der Waals surface area contributed by atoms with Crippen molar-refractivity contribution in [3.63, 3.8) is 0 Å². The molecule has 0 aromatic heterocycles. The van der Waals surface area contributed by atoms with Crippen LogP contribution in [0.4, 0.5) is 0 Å². The molecule has 0 atom stereocenters. The van der Waals surface area contributed by atoms with Crippen molar-refractivity contribution < 1.29 is 4.74 Å². The maximum Gasteiger partial charge on any atom is 0.119 e. The molecule has 1 fully saturated rings. The van der Waals surface area contributed by atoms with Gasteiger partial charge in [0.1, 0.15) is 5.75 Å². The zero-order chi connectivity index (χ0) is 12.3. The minimum atomic E-state index is 0.625. The van der Waals surface area contributed by atoms with Crippen molar-refractivity contribution >= 4 is 15.9 Å². The number of methoxy groups -OCH3 is 1. The molecule has 1 aromatic rings. The summed E-state index contributed by atoms with van der Waals surface area (Å²) in [5, 5.41) is 3.47. The van der Waals surface area contributed by atoms with Gasteiger partial charge in [-0.25, -0.2) is 0 Å². The molecule has 1 aliphatic carbocycles. The van der Waals surface area contributed by atoms with Crippen molar-refractivity contribution in [3.05, 3.63) is 40.9 Å². The lowest BCUT2D eigenvalue weighted by atomic mass is 9.76. The van der Waals surface area contributed by atoms with Gasteiger partial charge in [0, 0.05) is 17.1 Å². The molecular formula is C14H18BrNO. The van der Waals surface area contributed by atoms with Gasteiger partial charge in [-0.15, -0.1) is 0 Å². The molecule has 0 bridgehead atoms. The zero-order valence-corrected chi connectivity index (χ0v) is 11.7. The van der Waals surface area contributed by atoms with E-state index >= 15 is 0 Å². The van der Waals surface area contributed by atoms with E-state index in [1.807, 2.05) is 6.07 Å². The van der Waals surface area contributed by atoms with Crippen LogP contribution in [0.2, 0.25) is 0 Å². The van der Waals surface area contributed by atoms with Gasteiger partial charge in [0.2, 0.25) is 0 Å². The summed E-state index contributed by atoms with van der Waals surface area (Å²) in [6.45, 7) is 4.68. The molecule has 17 heavy (non-hydrogen) atoms. The summed E-state index contributed by atoms with van der Waals surface area (Å²) in [6.07, 6.45) is 2.40. The second kappa shape index (κ2) is 5.69. The Labute approximate surface area is 111 Å². The Balaban J connectivity index is 1.84. The molecule has 1 aliphatic rings. The van der Waals surface area contributed by atoms with Gasteiger partial charge in [0.15, 0.2) is 0 Å². The van der Waals surface area contributed by atoms with E-state index in [-0.39, 0.29) is 0 Å². The van der Waals surface area contributed by atoms with Gasteiger partial charge in [-0.1, -0.05) is 34.6 Å². The van der Waals surface area contributed by atoms with Gasteiger partial charge in [0.05, 0.1) is 7.11 Å². The van der Waals surface area contributed by atoms with E-state index in [0.29, 0.717) is 12.0 Å². The first-order valence-electron chi connectivity index (χ1n) is 5.89. The highest BCUT2D eigenvalue weighted by Crippen LogP contribution is 2.37. The van der Waals surface area contributed by atoms with E-state index in [9.17, 15) is 0 Å². The predicted octanol–water partition coefficient (Wildman–Crippen LogP) is 3.44. The lowest BCUT2D eigenvalue weighted by Gasteiger charge is -2.36. The maximum atomic E-state index is 5.25. The summed E-state index contributed by atoms with van der Waals surface area (Å²) in [4.78, 5) is 0. The van der Waals surface area contributed by atoms with Crippen molar-refractivity contribution in [2.24, 2.45) is 0 Å². The Morgan fingerprint density at radius 2 is 2.29 bits per heavy atom. The predicted molar refractivity (Wildman–Crippen MR) is 74.8 cm³/mol. The smallest absolute Gasteiger partial charge is 0.119 e. The fourth-order valence-electron chi connectivity index (χ4n) is 2.21. The fourth-order valence-corrected chi connectivity index (χ4v) is 2.37. The summed E-state index contributed by atoms with van der Waals surface area (Å²) in [6, 6.07) is 9.01. The summed E-state index contributed by atoms with van der Waals surface area (Å²) < 4.78 is 6.26. The van der Waals surface area contributed by atoms with Crippen LogP contribution in [-0.2, 0) is 0 Å². The number of rotatable bonds is 5. The van der Waals surface area contributed by atoms with Gasteiger partial charge in [0.25, 0.3) is 0 Å². The second-order valence-electron chi connectivity index (χ2n) is 4.54. The van der Waals surface area contributed by atoms with Crippen LogP contribution in [0.25, 0.3) is 0 Å². The van der Waals surface area contributed by atoms with E-state index in [4.69, 9.17) is 4.74 Å². The topological polar surface area (TPSA) is 21.3 Å². The lowest BCUT2D eigenvalue weighted by Crippen LogP contribution is -2.40. The van der Waals surface area contributed by atoms with Gasteiger partial charge < -0.3 is 10.1 Å². The first-order chi connectivity index (χ1) is 8.19. The third-order valence-corrected chi connectivity index (χ3v) is 3.57. The quantitative estimate of drug-likeness (QED) is 0.898. The zero-order valence-electron chi connectivity index (χ0n) is 10.1. The number of halogens is 1. The number of ether oxygens (including phenoxy) is 1. The highest BCUT2D eigenvalue weighted by atomic mass is 79.9. The Hall–Kier alpha value is -0.800. The molecule has 2 rings (SSSR count). The number of benzene rings is 1. The Bertz CT molecular complexity index is 399. The highest BCUT2D eigenvalue weighted by Gasteiger charge is 2.29. The largest absolute Gasteiger partial charge is 0.497 e. The molecule has 0 unspecified atom stereocenters. The van der Waals surface area contributed by atoms with Crippen LogP contribution < -0.4 is 10.1 Å². The van der Waals surface area contributed by atoms with Crippen molar-refractivity contribution in [2.75, 3.05) is 13.7 Å². The Morgan fingerprint density at radius 3 is 2.94 bits per heavy atom. The summed E-state index contributed by atoms with van der Waals surface area (Å²) in [5.74, 6) is 1.62. The minimum Gasteiger partial charge on any atom is -0.497 e. The molecule has 1 saturated carbocycles. The van der Waals surface area contributed by atoms with E-state index in [1.165, 1.54) is 18.4 Å². The normalized spacial score (nSPS) is 22.9. The third-order valence-electron chi connectivity index (χ3n) is 3.29. The lowest BCUT2D eigenvalue weighted by molar-refractivity contribution is 0.298. The second-order valence-corrected chi connectivity index (χ2v) is 5.66. The molecule has 0 spiro atoms. The van der Waals surface area contributed by atoms with Crippen LogP contribution in [-0.4, -0.2) is 19.7 Å². The van der Waals surface area contributed by atoms with Crippen molar-refractivity contribution in [3.8, 4) is 5.75 Å². The minimum absolute atomic E-state index is 0.625. The molecule has 0 aliphatic heterocycles. The number of nitrogens with one attached hydrogen (secondary N) is 1. The summed E-state index contributed by atoms with van der Waals surface area (Å²) in [5.41, 5.74) is 1.39. The fraction of sp³-hybridized carbons (Fsp3) is 0.429. The van der Waals surface area contributed by atoms with E-state index in [1.54, 1.807) is 7.11 Å². The van der Waals surface area contributed by atoms with E-state index < -0.39 is 0 Å². The van der Waals surface area contributed by atoms with Crippen LogP contribution in [0.5, 0.6) is 5.75 Å². The molecular weight excluding hydrogens is 278 g/mol. The molecule has 1 N–H and O–H groups in total. The monoisotopic (exact) mass is 295 g/mol. The average molecular weight is 296 g/mol. The van der Waals surface area contributed by atoms with Crippen LogP contribution in [0.1, 0.15) is 24.3 Å². The van der Waals surface area contributed by atoms with Gasteiger partial charge in [-0.3, -0.25) is 0 Å². The Morgan fingerprint density at radius 1 is 1.53 bits per heavy atom. The first-order valence-corrected chi connectivity index (χ1v) is 6.69. The SMILES string of the molecule is C=C(Br)CNC1CC(c2cccc(OC)c2)C1. The first kappa shape index (κ1) is 12.7. The van der Waals surface area contributed by atoms with Crippen LogP contribution in [0.3, 0.4) is 0 Å². The Kier molecular flexibility index (Phi) is 4.24. The third kappa shape index (κ3) is 3.33. The summed E-state index contributed by atoms with van der Waals surface area (Å²) >= 11 is 3.36. The number of hydrogen-bond donors (Lipinski definition) is 1. The van der Waals surface area contributed by atoms with Crippen molar-refractivity contribution in [1.82, 2.24) is 5.32 Å². The molecule has 92 valence electrons. The maximum absolute atomic E-state index is 5.25. The standard InChI is InChI=1S/C14H18BrNO/c1-10(15)9-16-13-6-12(7-13)11-4-3-5-14(8-11)17-2/h3-5,8,12-13,16H,1,6-7,9H2,2H3. The van der Waals surface area contributed by atoms with Crippen LogP contribution >= 0.6 is 15.9 Å². The number of hydrogen-bond acceptors (Lipinski definition) is 2. The molecule has 0 heterocycles.